The maximum absolute atomic E-state index is 13.4. The summed E-state index contributed by atoms with van der Waals surface area (Å²) in [5.41, 5.74) is 2.20. The fourth-order valence-corrected chi connectivity index (χ4v) is 2.48. The Labute approximate surface area is 99.0 Å². The van der Waals surface area contributed by atoms with Gasteiger partial charge < -0.3 is 9.84 Å². The second kappa shape index (κ2) is 4.11. The van der Waals surface area contributed by atoms with Gasteiger partial charge in [0.25, 0.3) is 0 Å². The summed E-state index contributed by atoms with van der Waals surface area (Å²) in [6.07, 6.45) is 2.14. The predicted octanol–water partition coefficient (Wildman–Crippen LogP) is 2.74. The van der Waals surface area contributed by atoms with E-state index < -0.39 is 0 Å². The van der Waals surface area contributed by atoms with E-state index in [1.165, 1.54) is 6.07 Å². The molecule has 1 N–H and O–H groups in total. The third kappa shape index (κ3) is 1.82. The van der Waals surface area contributed by atoms with Gasteiger partial charge in [-0.3, -0.25) is 0 Å². The first-order valence-electron chi connectivity index (χ1n) is 6.02. The topological polar surface area (TPSA) is 38.1 Å². The quantitative estimate of drug-likeness (QED) is 0.824. The first-order valence-corrected chi connectivity index (χ1v) is 6.02. The highest BCUT2D eigenvalue weighted by molar-refractivity contribution is 5.80. The zero-order valence-corrected chi connectivity index (χ0v) is 9.79. The molecule has 0 aliphatic carbocycles. The summed E-state index contributed by atoms with van der Waals surface area (Å²) in [5.74, 6) is 0.202. The lowest BCUT2D eigenvalue weighted by atomic mass is 9.92. The third-order valence-corrected chi connectivity index (χ3v) is 3.50. The van der Waals surface area contributed by atoms with Crippen LogP contribution in [-0.2, 0) is 0 Å². The maximum atomic E-state index is 13.4. The van der Waals surface area contributed by atoms with Crippen molar-refractivity contribution in [3.8, 4) is 0 Å². The van der Waals surface area contributed by atoms with Crippen molar-refractivity contribution in [3.63, 3.8) is 0 Å². The predicted molar refractivity (Wildman–Crippen MR) is 63.5 cm³/mol. The Hall–Kier alpha value is -1.42. The van der Waals surface area contributed by atoms with Gasteiger partial charge in [-0.25, -0.2) is 4.39 Å². The molecule has 1 aliphatic heterocycles. The van der Waals surface area contributed by atoms with Crippen molar-refractivity contribution in [3.05, 3.63) is 29.2 Å². The molecular weight excluding hydrogens is 219 g/mol. The first-order chi connectivity index (χ1) is 8.25. The summed E-state index contributed by atoms with van der Waals surface area (Å²) in [6.45, 7) is 3.80. The van der Waals surface area contributed by atoms with Crippen molar-refractivity contribution in [1.29, 1.82) is 0 Å². The number of hydrogen-bond donors (Lipinski definition) is 1. The average molecular weight is 234 g/mol. The molecule has 0 radical (unpaired) electrons. The summed E-state index contributed by atoms with van der Waals surface area (Å²) in [5, 5.41) is 8.43. The van der Waals surface area contributed by atoms with E-state index in [0.717, 1.165) is 37.0 Å². The Morgan fingerprint density at radius 3 is 2.88 bits per heavy atom. The zero-order chi connectivity index (χ0) is 11.8. The summed E-state index contributed by atoms with van der Waals surface area (Å²) in [4.78, 5) is 0. The lowest BCUT2D eigenvalue weighted by Crippen LogP contribution is -2.26. The van der Waals surface area contributed by atoms with Crippen LogP contribution in [0.15, 0.2) is 16.7 Å². The van der Waals surface area contributed by atoms with Gasteiger partial charge in [0.2, 0.25) is 0 Å². The van der Waals surface area contributed by atoms with Crippen LogP contribution in [0.5, 0.6) is 0 Å². The lowest BCUT2D eigenvalue weighted by molar-refractivity contribution is 0.403. The highest BCUT2D eigenvalue weighted by atomic mass is 19.1. The molecule has 3 nitrogen and oxygen atoms in total. The second-order valence-electron chi connectivity index (χ2n) is 4.69. The first kappa shape index (κ1) is 10.7. The molecule has 1 aromatic heterocycles. The van der Waals surface area contributed by atoms with Crippen LogP contribution >= 0.6 is 0 Å². The molecule has 1 aromatic carbocycles. The molecule has 1 saturated heterocycles. The van der Waals surface area contributed by atoms with Gasteiger partial charge in [-0.05, 0) is 44.5 Å². The van der Waals surface area contributed by atoms with E-state index in [-0.39, 0.29) is 5.82 Å². The van der Waals surface area contributed by atoms with Gasteiger partial charge >= 0.3 is 0 Å². The SMILES string of the molecule is Cc1cc2c(C3CCNCC3)noc2cc1F. The molecule has 4 heteroatoms. The minimum atomic E-state index is -0.231. The van der Waals surface area contributed by atoms with Crippen molar-refractivity contribution >= 4 is 11.0 Å². The number of benzene rings is 1. The van der Waals surface area contributed by atoms with Crippen LogP contribution in [0.2, 0.25) is 0 Å². The number of nitrogens with zero attached hydrogens (tertiary/aromatic N) is 1. The molecule has 2 aromatic rings. The Morgan fingerprint density at radius 1 is 1.35 bits per heavy atom. The number of piperidine rings is 1. The number of hydrogen-bond acceptors (Lipinski definition) is 3. The van der Waals surface area contributed by atoms with Crippen LogP contribution < -0.4 is 5.32 Å². The minimum absolute atomic E-state index is 0.231. The Bertz CT molecular complexity index is 544. The molecule has 0 atom stereocenters. The molecule has 0 saturated carbocycles. The summed E-state index contributed by atoms with van der Waals surface area (Å²) < 4.78 is 18.6. The second-order valence-corrected chi connectivity index (χ2v) is 4.69. The molecular formula is C13H15FN2O. The van der Waals surface area contributed by atoms with E-state index in [9.17, 15) is 4.39 Å². The maximum Gasteiger partial charge on any atom is 0.170 e. The average Bonchev–Trinajstić information content (AvgIpc) is 2.74. The zero-order valence-electron chi connectivity index (χ0n) is 9.79. The van der Waals surface area contributed by atoms with Gasteiger partial charge in [-0.15, -0.1) is 0 Å². The number of fused-ring (bicyclic) bond motifs is 1. The minimum Gasteiger partial charge on any atom is -0.356 e. The molecule has 2 heterocycles. The van der Waals surface area contributed by atoms with Crippen LogP contribution in [0.25, 0.3) is 11.0 Å². The number of nitrogens with one attached hydrogen (secondary N) is 1. The number of aromatic nitrogens is 1. The highest BCUT2D eigenvalue weighted by Crippen LogP contribution is 2.31. The van der Waals surface area contributed by atoms with E-state index in [1.54, 1.807) is 6.92 Å². The fourth-order valence-electron chi connectivity index (χ4n) is 2.48. The lowest BCUT2D eigenvalue weighted by Gasteiger charge is -2.20. The standard InChI is InChI=1S/C13H15FN2O/c1-8-6-10-12(7-11(8)14)17-16-13(10)9-2-4-15-5-3-9/h6-7,9,15H,2-5H2,1H3. The fraction of sp³-hybridized carbons (Fsp3) is 0.462. The number of aryl methyl sites for hydroxylation is 1. The number of halogens is 1. The van der Waals surface area contributed by atoms with Crippen LogP contribution in [-0.4, -0.2) is 18.2 Å². The normalized spacial score (nSPS) is 17.8. The summed E-state index contributed by atoms with van der Waals surface area (Å²) in [7, 11) is 0. The van der Waals surface area contributed by atoms with Crippen molar-refractivity contribution in [2.24, 2.45) is 0 Å². The van der Waals surface area contributed by atoms with Gasteiger partial charge in [0.05, 0.1) is 5.69 Å². The highest BCUT2D eigenvalue weighted by Gasteiger charge is 2.22. The molecule has 0 amide bonds. The van der Waals surface area contributed by atoms with Crippen LogP contribution in [0.3, 0.4) is 0 Å². The number of rotatable bonds is 1. The van der Waals surface area contributed by atoms with E-state index in [1.807, 2.05) is 6.07 Å². The Balaban J connectivity index is 2.07. The summed E-state index contributed by atoms with van der Waals surface area (Å²) >= 11 is 0. The molecule has 0 spiro atoms. The molecule has 1 aliphatic rings. The van der Waals surface area contributed by atoms with Gasteiger partial charge in [-0.2, -0.15) is 0 Å². The molecule has 1 fully saturated rings. The van der Waals surface area contributed by atoms with Crippen molar-refractivity contribution in [2.75, 3.05) is 13.1 Å². The smallest absolute Gasteiger partial charge is 0.170 e. The van der Waals surface area contributed by atoms with Crippen LogP contribution in [0.4, 0.5) is 4.39 Å². The molecule has 0 bridgehead atoms. The van der Waals surface area contributed by atoms with E-state index >= 15 is 0 Å². The largest absolute Gasteiger partial charge is 0.356 e. The molecule has 90 valence electrons. The van der Waals surface area contributed by atoms with Gasteiger partial charge in [0.15, 0.2) is 5.58 Å². The van der Waals surface area contributed by atoms with Gasteiger partial charge in [0.1, 0.15) is 5.82 Å². The van der Waals surface area contributed by atoms with E-state index in [4.69, 9.17) is 4.52 Å². The van der Waals surface area contributed by atoms with Crippen LogP contribution in [0, 0.1) is 12.7 Å². The van der Waals surface area contributed by atoms with Crippen molar-refractivity contribution < 1.29 is 8.91 Å². The van der Waals surface area contributed by atoms with E-state index in [2.05, 4.69) is 10.5 Å². The molecule has 0 unspecified atom stereocenters. The van der Waals surface area contributed by atoms with Gasteiger partial charge in [-0.1, -0.05) is 5.16 Å². The van der Waals surface area contributed by atoms with Crippen molar-refractivity contribution in [1.82, 2.24) is 10.5 Å². The Morgan fingerprint density at radius 2 is 2.12 bits per heavy atom. The Kier molecular flexibility index (Phi) is 2.59. The monoisotopic (exact) mass is 234 g/mol. The summed E-state index contributed by atoms with van der Waals surface area (Å²) in [6, 6.07) is 3.28. The van der Waals surface area contributed by atoms with Crippen LogP contribution in [0.1, 0.15) is 30.0 Å². The van der Waals surface area contributed by atoms with Crippen molar-refractivity contribution in [2.45, 2.75) is 25.7 Å². The van der Waals surface area contributed by atoms with Gasteiger partial charge in [0, 0.05) is 17.4 Å². The molecule has 3 rings (SSSR count). The van der Waals surface area contributed by atoms with E-state index in [0.29, 0.717) is 17.1 Å². The molecule has 17 heavy (non-hydrogen) atoms. The third-order valence-electron chi connectivity index (χ3n) is 3.50.